The van der Waals surface area contributed by atoms with E-state index in [1.807, 2.05) is 78.2 Å². The molecule has 0 saturated heterocycles. The maximum absolute atomic E-state index is 13.8. The quantitative estimate of drug-likeness (QED) is 0.294. The van der Waals surface area contributed by atoms with Crippen molar-refractivity contribution in [2.45, 2.75) is 13.0 Å². The third-order valence-electron chi connectivity index (χ3n) is 6.12. The molecule has 188 valence electrons. The van der Waals surface area contributed by atoms with Gasteiger partial charge in [0.15, 0.2) is 4.80 Å². The Bertz CT molecular complexity index is 1870. The van der Waals surface area contributed by atoms with Crippen LogP contribution >= 0.6 is 34.3 Å². The van der Waals surface area contributed by atoms with E-state index in [9.17, 15) is 9.59 Å². The number of hydrogen-bond acceptors (Lipinski definition) is 6. The summed E-state index contributed by atoms with van der Waals surface area (Å²) in [5, 5.41) is 5.51. The number of carbonyl (C=O) groups is 1. The van der Waals surface area contributed by atoms with Crippen molar-refractivity contribution in [2.75, 3.05) is 5.32 Å². The van der Waals surface area contributed by atoms with Crippen molar-refractivity contribution >= 4 is 51.9 Å². The first-order valence-corrected chi connectivity index (χ1v) is 13.8. The van der Waals surface area contributed by atoms with Crippen LogP contribution < -0.4 is 20.2 Å². The monoisotopic (exact) mass is 557 g/mol. The Morgan fingerprint density at radius 2 is 1.92 bits per heavy atom. The third kappa shape index (κ3) is 4.58. The van der Waals surface area contributed by atoms with Gasteiger partial charge in [-0.25, -0.2) is 4.99 Å². The summed E-state index contributed by atoms with van der Waals surface area (Å²) in [6.07, 6.45) is 1.71. The van der Waals surface area contributed by atoms with Crippen LogP contribution in [-0.4, -0.2) is 10.5 Å². The Balaban J connectivity index is 1.43. The van der Waals surface area contributed by atoms with Crippen LogP contribution in [0.5, 0.6) is 0 Å². The van der Waals surface area contributed by atoms with Gasteiger partial charge in [-0.3, -0.25) is 14.2 Å². The Hall–Kier alpha value is -3.98. The highest BCUT2D eigenvalue weighted by molar-refractivity contribution is 7.10. The molecule has 0 spiro atoms. The van der Waals surface area contributed by atoms with Crippen molar-refractivity contribution in [3.8, 4) is 11.3 Å². The summed E-state index contributed by atoms with van der Waals surface area (Å²) >= 11 is 8.89. The van der Waals surface area contributed by atoms with E-state index in [-0.39, 0.29) is 11.5 Å². The molecule has 0 radical (unpaired) electrons. The first-order valence-electron chi connectivity index (χ1n) is 11.8. The van der Waals surface area contributed by atoms with E-state index in [1.54, 1.807) is 23.6 Å². The Kier molecular flexibility index (Phi) is 6.45. The summed E-state index contributed by atoms with van der Waals surface area (Å²) in [5.41, 5.74) is 2.31. The number of furan rings is 1. The summed E-state index contributed by atoms with van der Waals surface area (Å²) in [6, 6.07) is 23.6. The second-order valence-electron chi connectivity index (χ2n) is 8.63. The number of thiazole rings is 1. The van der Waals surface area contributed by atoms with Gasteiger partial charge in [0.1, 0.15) is 17.6 Å². The molecule has 6 rings (SSSR count). The van der Waals surface area contributed by atoms with Gasteiger partial charge >= 0.3 is 0 Å². The van der Waals surface area contributed by atoms with E-state index < -0.39 is 6.04 Å². The molecule has 2 aromatic carbocycles. The lowest BCUT2D eigenvalue weighted by Crippen LogP contribution is -2.40. The molecule has 1 atom stereocenters. The maximum Gasteiger partial charge on any atom is 0.271 e. The fourth-order valence-corrected chi connectivity index (χ4v) is 6.44. The zero-order chi connectivity index (χ0) is 26.2. The summed E-state index contributed by atoms with van der Waals surface area (Å²) in [7, 11) is 0. The topological polar surface area (TPSA) is 76.6 Å². The summed E-state index contributed by atoms with van der Waals surface area (Å²) < 4.78 is 8.08. The molecule has 1 N–H and O–H groups in total. The number of aromatic nitrogens is 1. The third-order valence-corrected chi connectivity index (χ3v) is 8.26. The van der Waals surface area contributed by atoms with Gasteiger partial charge in [0, 0.05) is 27.2 Å². The predicted octanol–water partition coefficient (Wildman–Crippen LogP) is 5.85. The normalized spacial score (nSPS) is 15.3. The van der Waals surface area contributed by atoms with E-state index in [0.29, 0.717) is 42.8 Å². The van der Waals surface area contributed by atoms with Crippen LogP contribution in [-0.2, 0) is 4.79 Å². The minimum atomic E-state index is -0.587. The fourth-order valence-electron chi connectivity index (χ4n) is 4.40. The molecular formula is C29H20ClN3O3S2. The minimum absolute atomic E-state index is 0.231. The van der Waals surface area contributed by atoms with E-state index in [2.05, 4.69) is 10.3 Å². The number of para-hydroxylation sites is 1. The van der Waals surface area contributed by atoms with Crippen molar-refractivity contribution in [3.63, 3.8) is 0 Å². The molecule has 1 aliphatic heterocycles. The highest BCUT2D eigenvalue weighted by Crippen LogP contribution is 2.33. The lowest BCUT2D eigenvalue weighted by molar-refractivity contribution is -0.113. The number of nitrogens with zero attached hydrogens (tertiary/aromatic N) is 2. The number of halogens is 1. The number of thiophene rings is 1. The Labute approximate surface area is 230 Å². The molecule has 1 amide bonds. The van der Waals surface area contributed by atoms with Gasteiger partial charge in [-0.1, -0.05) is 59.3 Å². The van der Waals surface area contributed by atoms with E-state index >= 15 is 0 Å². The number of anilines is 1. The standard InChI is InChI=1S/C29H20ClN3O3S2/c1-17-25(27(34)32-20-9-3-2-4-10-20)26(23-11-6-14-37-23)33-28(35)24(38-29(33)31-17)16-21-12-13-22(36-21)18-7-5-8-19(30)15-18/h2-16,26H,1H3,(H,32,34)/b24-16-/t26-/m1/s1. The molecule has 38 heavy (non-hydrogen) atoms. The molecule has 1 aliphatic rings. The smallest absolute Gasteiger partial charge is 0.271 e. The van der Waals surface area contributed by atoms with Crippen LogP contribution in [0.3, 0.4) is 0 Å². The van der Waals surface area contributed by atoms with Crippen LogP contribution in [0.15, 0.2) is 110 Å². The summed E-state index contributed by atoms with van der Waals surface area (Å²) in [6.45, 7) is 1.81. The first-order chi connectivity index (χ1) is 18.5. The number of carbonyl (C=O) groups excluding carboxylic acids is 1. The van der Waals surface area contributed by atoms with Gasteiger partial charge in [-0.05, 0) is 54.8 Å². The maximum atomic E-state index is 13.8. The zero-order valence-electron chi connectivity index (χ0n) is 20.1. The molecular weight excluding hydrogens is 538 g/mol. The molecule has 0 fully saturated rings. The number of rotatable bonds is 5. The van der Waals surface area contributed by atoms with Crippen LogP contribution in [0.2, 0.25) is 5.02 Å². The van der Waals surface area contributed by atoms with Crippen LogP contribution in [0.1, 0.15) is 23.6 Å². The number of allylic oxidation sites excluding steroid dienone is 1. The van der Waals surface area contributed by atoms with E-state index in [4.69, 9.17) is 16.0 Å². The van der Waals surface area contributed by atoms with Gasteiger partial charge in [0.2, 0.25) is 0 Å². The molecule has 0 aliphatic carbocycles. The van der Waals surface area contributed by atoms with Crippen molar-refractivity contribution < 1.29 is 9.21 Å². The first kappa shape index (κ1) is 24.4. The number of fused-ring (bicyclic) bond motifs is 1. The summed E-state index contributed by atoms with van der Waals surface area (Å²) in [4.78, 5) is 33.3. The largest absolute Gasteiger partial charge is 0.457 e. The fraction of sp³-hybridized carbons (Fsp3) is 0.0690. The van der Waals surface area contributed by atoms with E-state index in [1.165, 1.54) is 22.7 Å². The average Bonchev–Trinajstić information content (AvgIpc) is 3.66. The van der Waals surface area contributed by atoms with Gasteiger partial charge in [0.05, 0.1) is 15.8 Å². The predicted molar refractivity (Wildman–Crippen MR) is 152 cm³/mol. The molecule has 6 nitrogen and oxygen atoms in total. The van der Waals surface area contributed by atoms with Crippen LogP contribution in [0.4, 0.5) is 5.69 Å². The molecule has 3 aromatic heterocycles. The average molecular weight is 558 g/mol. The Morgan fingerprint density at radius 3 is 2.68 bits per heavy atom. The van der Waals surface area contributed by atoms with Crippen molar-refractivity contribution in [1.29, 1.82) is 0 Å². The van der Waals surface area contributed by atoms with Gasteiger partial charge in [-0.15, -0.1) is 11.3 Å². The van der Waals surface area contributed by atoms with Crippen molar-refractivity contribution in [2.24, 2.45) is 4.99 Å². The minimum Gasteiger partial charge on any atom is -0.457 e. The second kappa shape index (κ2) is 10.1. The molecule has 9 heteroatoms. The van der Waals surface area contributed by atoms with Crippen LogP contribution in [0.25, 0.3) is 17.4 Å². The van der Waals surface area contributed by atoms with Crippen molar-refractivity contribution in [3.05, 3.63) is 131 Å². The Morgan fingerprint density at radius 1 is 1.08 bits per heavy atom. The molecule has 0 unspecified atom stereocenters. The highest BCUT2D eigenvalue weighted by Gasteiger charge is 2.33. The molecule has 5 aromatic rings. The summed E-state index contributed by atoms with van der Waals surface area (Å²) in [5.74, 6) is 0.900. The van der Waals surface area contributed by atoms with E-state index in [0.717, 1.165) is 10.4 Å². The lowest BCUT2D eigenvalue weighted by atomic mass is 10.0. The lowest BCUT2D eigenvalue weighted by Gasteiger charge is -2.24. The molecule has 0 bridgehead atoms. The molecule has 4 heterocycles. The number of amides is 1. The second-order valence-corrected chi connectivity index (χ2v) is 11.1. The van der Waals surface area contributed by atoms with Gasteiger partial charge in [-0.2, -0.15) is 0 Å². The highest BCUT2D eigenvalue weighted by atomic mass is 35.5. The molecule has 0 saturated carbocycles. The van der Waals surface area contributed by atoms with Gasteiger partial charge < -0.3 is 9.73 Å². The van der Waals surface area contributed by atoms with Crippen LogP contribution in [0, 0.1) is 0 Å². The van der Waals surface area contributed by atoms with Gasteiger partial charge in [0.25, 0.3) is 11.5 Å². The number of nitrogens with one attached hydrogen (secondary N) is 1. The SMILES string of the molecule is CC1=C(C(=O)Nc2ccccc2)[C@@H](c2cccs2)n2c(s/c(=C\c3ccc(-c4cccc(Cl)c4)o3)c2=O)=N1. The van der Waals surface area contributed by atoms with Crippen molar-refractivity contribution in [1.82, 2.24) is 4.57 Å². The number of hydrogen-bond donors (Lipinski definition) is 1. The zero-order valence-corrected chi connectivity index (χ0v) is 22.4. The number of benzene rings is 2.